The molecular formula is C31H41N19O2. The molecule has 52 heavy (non-hydrogen) atoms. The average Bonchev–Trinajstić information content (AvgIpc) is 3.90. The van der Waals surface area contributed by atoms with Gasteiger partial charge in [-0.2, -0.15) is 44.9 Å². The van der Waals surface area contributed by atoms with E-state index in [0.29, 0.717) is 80.2 Å². The van der Waals surface area contributed by atoms with Crippen LogP contribution < -0.4 is 48.3 Å². The van der Waals surface area contributed by atoms with Gasteiger partial charge in [-0.25, -0.2) is 0 Å². The highest BCUT2D eigenvalue weighted by Gasteiger charge is 2.15. The summed E-state index contributed by atoms with van der Waals surface area (Å²) in [4.78, 5) is 45.4. The van der Waals surface area contributed by atoms with Gasteiger partial charge < -0.3 is 62.1 Å². The summed E-state index contributed by atoms with van der Waals surface area (Å²) in [5.74, 6) is 4.10. The van der Waals surface area contributed by atoms with Crippen LogP contribution in [0.5, 0.6) is 0 Å². The van der Waals surface area contributed by atoms with Gasteiger partial charge in [-0.05, 0) is 18.2 Å². The van der Waals surface area contributed by atoms with Crippen molar-refractivity contribution < 1.29 is 8.83 Å². The molecule has 6 aromatic heterocycles. The SMILES string of the molecule is CNc1nc(N)nc(NCCc2cc(Nc3nc(N)nc(NCCc4cc(CN(C)c5nc(N)nc(N(C)CCc6ccc[nH]6)n5)co4)n3)co2)n1. The third kappa shape index (κ3) is 9.61. The number of hydrogen-bond acceptors (Lipinski definition) is 20. The lowest BCUT2D eigenvalue weighted by atomic mass is 10.2. The summed E-state index contributed by atoms with van der Waals surface area (Å²) in [5.41, 5.74) is 20.5. The summed E-state index contributed by atoms with van der Waals surface area (Å²) in [6.07, 6.45) is 7.12. The highest BCUT2D eigenvalue weighted by Crippen LogP contribution is 2.20. The third-order valence-corrected chi connectivity index (χ3v) is 7.57. The molecule has 0 aromatic carbocycles. The standard InChI is InChI=1S/C31H41N19O2/c1-35-26-40-23(32)41-27(46-26)37-11-7-22-14-20(17-52-22)39-29-43-24(33)42-28(47-29)38-10-6-21-13-18(16-51-21)15-50(3)31-45-25(34)44-30(48-31)49(2)12-8-19-5-4-9-36-19/h4-5,9,13-14,16-17,36H,6-8,10-12,15H2,1-3H3,(H2,34,44,45,48)(H4,32,35,37,40,41,46)(H4,33,38,39,42,43,47). The van der Waals surface area contributed by atoms with Gasteiger partial charge in [0.2, 0.25) is 53.5 Å². The zero-order chi connectivity index (χ0) is 36.5. The van der Waals surface area contributed by atoms with E-state index in [0.717, 1.165) is 23.4 Å². The van der Waals surface area contributed by atoms with Crippen LogP contribution in [0.1, 0.15) is 22.8 Å². The highest BCUT2D eigenvalue weighted by atomic mass is 16.3. The summed E-state index contributed by atoms with van der Waals surface area (Å²) >= 11 is 0. The number of H-pyrrole nitrogens is 1. The molecule has 0 saturated heterocycles. The van der Waals surface area contributed by atoms with Crippen molar-refractivity contribution in [2.75, 3.05) is 89.0 Å². The topological polar surface area (TPSA) is 291 Å². The van der Waals surface area contributed by atoms with Gasteiger partial charge in [0.25, 0.3) is 0 Å². The number of nitrogens with two attached hydrogens (primary N) is 3. The van der Waals surface area contributed by atoms with Crippen LogP contribution in [0.15, 0.2) is 51.8 Å². The molecule has 0 bridgehead atoms. The van der Waals surface area contributed by atoms with Crippen LogP contribution in [-0.2, 0) is 25.8 Å². The lowest BCUT2D eigenvalue weighted by Gasteiger charge is -2.20. The van der Waals surface area contributed by atoms with Crippen LogP contribution in [-0.4, -0.2) is 90.6 Å². The molecule has 0 fully saturated rings. The molecule has 0 amide bonds. The number of anilines is 10. The fraction of sp³-hybridized carbons (Fsp3) is 0.323. The van der Waals surface area contributed by atoms with Gasteiger partial charge in [-0.1, -0.05) is 0 Å². The molecule has 6 rings (SSSR count). The van der Waals surface area contributed by atoms with E-state index < -0.39 is 0 Å². The van der Waals surface area contributed by atoms with Crippen LogP contribution in [0, 0.1) is 0 Å². The van der Waals surface area contributed by atoms with Crippen molar-refractivity contribution in [1.29, 1.82) is 0 Å². The molecular weight excluding hydrogens is 670 g/mol. The molecule has 0 aliphatic heterocycles. The summed E-state index contributed by atoms with van der Waals surface area (Å²) < 4.78 is 11.5. The number of hydrogen-bond donors (Lipinski definition) is 8. The predicted octanol–water partition coefficient (Wildman–Crippen LogP) is 1.91. The first-order chi connectivity index (χ1) is 25.2. The second-order valence-electron chi connectivity index (χ2n) is 11.6. The molecule has 21 heteroatoms. The second kappa shape index (κ2) is 16.2. The summed E-state index contributed by atoms with van der Waals surface area (Å²) in [7, 11) is 5.52. The highest BCUT2D eigenvalue weighted by molar-refractivity contribution is 5.54. The summed E-state index contributed by atoms with van der Waals surface area (Å²) in [6, 6.07) is 7.83. The molecule has 0 unspecified atom stereocenters. The molecule has 21 nitrogen and oxygen atoms in total. The van der Waals surface area contributed by atoms with Gasteiger partial charge >= 0.3 is 0 Å². The molecule has 0 radical (unpaired) electrons. The van der Waals surface area contributed by atoms with E-state index in [4.69, 9.17) is 26.0 Å². The van der Waals surface area contributed by atoms with E-state index in [1.807, 2.05) is 54.4 Å². The Morgan fingerprint density at radius 1 is 0.692 bits per heavy atom. The molecule has 0 atom stereocenters. The normalized spacial score (nSPS) is 11.0. The van der Waals surface area contributed by atoms with Crippen molar-refractivity contribution in [1.82, 2.24) is 49.8 Å². The van der Waals surface area contributed by atoms with Crippen molar-refractivity contribution in [3.63, 3.8) is 0 Å². The molecule has 0 aliphatic carbocycles. The number of nitrogen functional groups attached to an aromatic ring is 3. The van der Waals surface area contributed by atoms with E-state index in [2.05, 4.69) is 71.1 Å². The minimum Gasteiger partial charge on any atom is -0.469 e. The second-order valence-corrected chi connectivity index (χ2v) is 11.6. The van der Waals surface area contributed by atoms with Crippen LogP contribution in [0.25, 0.3) is 0 Å². The average molecular weight is 712 g/mol. The van der Waals surface area contributed by atoms with Gasteiger partial charge in [0.05, 0.1) is 12.0 Å². The Morgan fingerprint density at radius 2 is 1.31 bits per heavy atom. The molecule has 6 heterocycles. The molecule has 0 aliphatic rings. The Morgan fingerprint density at radius 3 is 2.00 bits per heavy atom. The van der Waals surface area contributed by atoms with Gasteiger partial charge in [-0.15, -0.1) is 0 Å². The van der Waals surface area contributed by atoms with Gasteiger partial charge in [0.15, 0.2) is 0 Å². The van der Waals surface area contributed by atoms with Crippen molar-refractivity contribution in [3.8, 4) is 0 Å². The van der Waals surface area contributed by atoms with Crippen LogP contribution in [0.3, 0.4) is 0 Å². The van der Waals surface area contributed by atoms with E-state index >= 15 is 0 Å². The van der Waals surface area contributed by atoms with Crippen LogP contribution >= 0.6 is 0 Å². The van der Waals surface area contributed by atoms with E-state index in [9.17, 15) is 0 Å². The van der Waals surface area contributed by atoms with Gasteiger partial charge in [-0.3, -0.25) is 0 Å². The number of aromatic amines is 1. The van der Waals surface area contributed by atoms with Crippen molar-refractivity contribution in [2.24, 2.45) is 0 Å². The van der Waals surface area contributed by atoms with E-state index in [1.54, 1.807) is 19.6 Å². The Hall–Kier alpha value is -6.93. The number of likely N-dealkylation sites (N-methyl/N-ethyl adjacent to an activating group) is 1. The lowest BCUT2D eigenvalue weighted by molar-refractivity contribution is 0.510. The summed E-state index contributed by atoms with van der Waals surface area (Å²) in [5, 5.41) is 12.2. The van der Waals surface area contributed by atoms with Crippen molar-refractivity contribution >= 4 is 59.2 Å². The largest absolute Gasteiger partial charge is 0.469 e. The quantitative estimate of drug-likeness (QED) is 0.0631. The molecule has 272 valence electrons. The Labute approximate surface area is 298 Å². The van der Waals surface area contributed by atoms with Gasteiger partial charge in [0.1, 0.15) is 17.8 Å². The number of nitrogens with one attached hydrogen (secondary N) is 5. The maximum atomic E-state index is 6.04. The zero-order valence-corrected chi connectivity index (χ0v) is 29.0. The maximum Gasteiger partial charge on any atom is 0.233 e. The number of furan rings is 2. The minimum atomic E-state index is 0.0580. The fourth-order valence-corrected chi connectivity index (χ4v) is 5.02. The first-order valence-electron chi connectivity index (χ1n) is 16.3. The number of rotatable bonds is 18. The van der Waals surface area contributed by atoms with Crippen molar-refractivity contribution in [3.05, 3.63) is 65.8 Å². The van der Waals surface area contributed by atoms with Crippen molar-refractivity contribution in [2.45, 2.75) is 25.8 Å². The molecule has 0 spiro atoms. The number of nitrogens with zero attached hydrogens (tertiary/aromatic N) is 11. The lowest BCUT2D eigenvalue weighted by Crippen LogP contribution is -2.26. The minimum absolute atomic E-state index is 0.0580. The Balaban J connectivity index is 0.965. The first-order valence-corrected chi connectivity index (χ1v) is 16.3. The molecule has 11 N–H and O–H groups in total. The monoisotopic (exact) mass is 711 g/mol. The maximum absolute atomic E-state index is 6.04. The first kappa shape index (κ1) is 34.9. The van der Waals surface area contributed by atoms with E-state index in [1.165, 1.54) is 0 Å². The fourth-order valence-electron chi connectivity index (χ4n) is 5.02. The Bertz CT molecular complexity index is 2050. The zero-order valence-electron chi connectivity index (χ0n) is 29.0. The predicted molar refractivity (Wildman–Crippen MR) is 197 cm³/mol. The smallest absolute Gasteiger partial charge is 0.233 e. The van der Waals surface area contributed by atoms with Crippen LogP contribution in [0.2, 0.25) is 0 Å². The number of aromatic nitrogens is 10. The molecule has 0 saturated carbocycles. The Kier molecular flexibility index (Phi) is 10.9. The summed E-state index contributed by atoms with van der Waals surface area (Å²) in [6.45, 7) is 2.21. The molecule has 6 aromatic rings. The van der Waals surface area contributed by atoms with Crippen LogP contribution in [0.4, 0.5) is 59.2 Å². The third-order valence-electron chi connectivity index (χ3n) is 7.57. The van der Waals surface area contributed by atoms with E-state index in [-0.39, 0.29) is 23.8 Å². The van der Waals surface area contributed by atoms with Gasteiger partial charge in [0, 0.05) is 90.1 Å².